The van der Waals surface area contributed by atoms with Gasteiger partial charge in [0.1, 0.15) is 5.82 Å². The normalized spacial score (nSPS) is 10.1. The van der Waals surface area contributed by atoms with Crippen molar-refractivity contribution in [2.45, 2.75) is 12.8 Å². The van der Waals surface area contributed by atoms with Gasteiger partial charge in [-0.05, 0) is 24.6 Å². The Kier molecular flexibility index (Phi) is 5.25. The van der Waals surface area contributed by atoms with E-state index in [2.05, 4.69) is 37.2 Å². The van der Waals surface area contributed by atoms with Gasteiger partial charge in [0.05, 0.1) is 5.69 Å². The van der Waals surface area contributed by atoms with Gasteiger partial charge in [0.2, 0.25) is 5.91 Å². The van der Waals surface area contributed by atoms with E-state index in [4.69, 9.17) is 0 Å². The lowest BCUT2D eigenvalue weighted by Gasteiger charge is -2.06. The van der Waals surface area contributed by atoms with Crippen molar-refractivity contribution in [1.29, 1.82) is 0 Å². The number of halogens is 3. The molecule has 1 N–H and O–H groups in total. The molecule has 0 aromatic heterocycles. The van der Waals surface area contributed by atoms with Crippen LogP contribution in [0.25, 0.3) is 0 Å². The minimum absolute atomic E-state index is 0.175. The first-order valence-electron chi connectivity index (χ1n) is 4.44. The second-order valence-electron chi connectivity index (χ2n) is 2.96. The van der Waals surface area contributed by atoms with Gasteiger partial charge in [0.25, 0.3) is 0 Å². The second-order valence-corrected chi connectivity index (χ2v) is 4.67. The highest BCUT2D eigenvalue weighted by Crippen LogP contribution is 2.20. The third-order valence-corrected chi connectivity index (χ3v) is 2.79. The monoisotopic (exact) mass is 337 g/mol. The van der Waals surface area contributed by atoms with Gasteiger partial charge < -0.3 is 5.32 Å². The fourth-order valence-electron chi connectivity index (χ4n) is 1.03. The molecule has 0 aliphatic rings. The van der Waals surface area contributed by atoms with Crippen molar-refractivity contribution in [3.8, 4) is 0 Å². The molecule has 1 amide bonds. The molecule has 0 aliphatic heterocycles. The van der Waals surface area contributed by atoms with Crippen molar-refractivity contribution in [3.63, 3.8) is 0 Å². The van der Waals surface area contributed by atoms with E-state index in [1.807, 2.05) is 0 Å². The third-order valence-electron chi connectivity index (χ3n) is 1.74. The van der Waals surface area contributed by atoms with Crippen molar-refractivity contribution in [3.05, 3.63) is 28.5 Å². The average molecular weight is 339 g/mol. The van der Waals surface area contributed by atoms with Crippen molar-refractivity contribution in [1.82, 2.24) is 0 Å². The molecule has 2 nitrogen and oxygen atoms in total. The molecule has 0 unspecified atom stereocenters. The van der Waals surface area contributed by atoms with Crippen LogP contribution in [0.1, 0.15) is 12.8 Å². The van der Waals surface area contributed by atoms with E-state index in [1.54, 1.807) is 12.1 Å². The minimum atomic E-state index is -0.426. The van der Waals surface area contributed by atoms with Crippen LogP contribution < -0.4 is 5.32 Å². The predicted molar refractivity (Wildman–Crippen MR) is 65.8 cm³/mol. The maximum absolute atomic E-state index is 13.2. The minimum Gasteiger partial charge on any atom is -0.324 e. The lowest BCUT2D eigenvalue weighted by atomic mass is 10.2. The molecule has 0 saturated carbocycles. The third kappa shape index (κ3) is 4.30. The van der Waals surface area contributed by atoms with Gasteiger partial charge in [0, 0.05) is 16.2 Å². The molecule has 0 heterocycles. The second kappa shape index (κ2) is 6.23. The summed E-state index contributed by atoms with van der Waals surface area (Å²) in [5.74, 6) is -0.600. The van der Waals surface area contributed by atoms with Crippen molar-refractivity contribution in [2.75, 3.05) is 10.6 Å². The Bertz CT molecular complexity index is 357. The number of carbonyl (C=O) groups is 1. The molecular weight excluding hydrogens is 329 g/mol. The number of nitrogens with one attached hydrogen (secondary N) is 1. The van der Waals surface area contributed by atoms with Crippen molar-refractivity contribution < 1.29 is 9.18 Å². The van der Waals surface area contributed by atoms with Crippen LogP contribution in [-0.4, -0.2) is 11.2 Å². The van der Waals surface area contributed by atoms with E-state index >= 15 is 0 Å². The van der Waals surface area contributed by atoms with Gasteiger partial charge in [-0.3, -0.25) is 4.79 Å². The molecule has 15 heavy (non-hydrogen) atoms. The number of alkyl halides is 1. The molecule has 0 radical (unpaired) electrons. The number of hydrogen-bond donors (Lipinski definition) is 1. The number of amides is 1. The van der Waals surface area contributed by atoms with E-state index in [-0.39, 0.29) is 11.6 Å². The molecule has 1 aromatic carbocycles. The van der Waals surface area contributed by atoms with Gasteiger partial charge in [-0.25, -0.2) is 4.39 Å². The smallest absolute Gasteiger partial charge is 0.224 e. The summed E-state index contributed by atoms with van der Waals surface area (Å²) in [5.41, 5.74) is 0.212. The predicted octanol–water partition coefficient (Wildman–Crippen LogP) is 3.70. The van der Waals surface area contributed by atoms with Crippen LogP contribution in [0.15, 0.2) is 22.7 Å². The maximum atomic E-state index is 13.2. The standard InChI is InChI=1S/C10H10Br2FNO/c11-5-1-2-10(15)14-9-6-7(12)3-4-8(9)13/h3-4,6H,1-2,5H2,(H,14,15). The summed E-state index contributed by atoms with van der Waals surface area (Å²) in [6.07, 6.45) is 1.12. The summed E-state index contributed by atoms with van der Waals surface area (Å²) in [4.78, 5) is 11.3. The molecule has 0 atom stereocenters. The zero-order valence-corrected chi connectivity index (χ0v) is 11.1. The zero-order chi connectivity index (χ0) is 11.3. The number of carbonyl (C=O) groups excluding carboxylic acids is 1. The van der Waals surface area contributed by atoms with Crippen LogP contribution in [0, 0.1) is 5.82 Å². The lowest BCUT2D eigenvalue weighted by Crippen LogP contribution is -2.12. The van der Waals surface area contributed by atoms with Crippen LogP contribution in [0.5, 0.6) is 0 Å². The van der Waals surface area contributed by atoms with E-state index in [0.717, 1.165) is 16.2 Å². The molecule has 0 fully saturated rings. The number of anilines is 1. The fraction of sp³-hybridized carbons (Fsp3) is 0.300. The highest BCUT2D eigenvalue weighted by molar-refractivity contribution is 9.10. The molecular formula is C10H10Br2FNO. The number of benzene rings is 1. The molecule has 5 heteroatoms. The molecule has 0 aliphatic carbocycles. The van der Waals surface area contributed by atoms with E-state index in [1.165, 1.54) is 6.07 Å². The molecule has 0 saturated heterocycles. The summed E-state index contributed by atoms with van der Waals surface area (Å²) in [5, 5.41) is 3.29. The zero-order valence-electron chi connectivity index (χ0n) is 7.90. The lowest BCUT2D eigenvalue weighted by molar-refractivity contribution is -0.116. The van der Waals surface area contributed by atoms with Crippen LogP contribution in [-0.2, 0) is 4.79 Å². The molecule has 82 valence electrons. The number of hydrogen-bond acceptors (Lipinski definition) is 1. The maximum Gasteiger partial charge on any atom is 0.224 e. The summed E-state index contributed by atoms with van der Waals surface area (Å²) < 4.78 is 13.9. The Hall–Kier alpha value is -0.420. The summed E-state index contributed by atoms with van der Waals surface area (Å²) >= 11 is 6.44. The van der Waals surface area contributed by atoms with Crippen molar-refractivity contribution >= 4 is 43.5 Å². The summed E-state index contributed by atoms with van der Waals surface area (Å²) in [6, 6.07) is 4.44. The van der Waals surface area contributed by atoms with Gasteiger partial charge in [-0.2, -0.15) is 0 Å². The quantitative estimate of drug-likeness (QED) is 0.833. The van der Waals surface area contributed by atoms with E-state index < -0.39 is 5.82 Å². The first-order chi connectivity index (χ1) is 7.13. The SMILES string of the molecule is O=C(CCCBr)Nc1cc(Br)ccc1F. The van der Waals surface area contributed by atoms with Gasteiger partial charge in [-0.1, -0.05) is 31.9 Å². The summed E-state index contributed by atoms with van der Waals surface area (Å²) in [6.45, 7) is 0. The highest BCUT2D eigenvalue weighted by Gasteiger charge is 2.06. The van der Waals surface area contributed by atoms with Crippen LogP contribution in [0.4, 0.5) is 10.1 Å². The Morgan fingerprint density at radius 2 is 2.20 bits per heavy atom. The molecule has 0 bridgehead atoms. The van der Waals surface area contributed by atoms with Gasteiger partial charge in [0.15, 0.2) is 0 Å². The van der Waals surface area contributed by atoms with Crippen LogP contribution in [0.3, 0.4) is 0 Å². The van der Waals surface area contributed by atoms with Crippen molar-refractivity contribution in [2.24, 2.45) is 0 Å². The topological polar surface area (TPSA) is 29.1 Å². The average Bonchev–Trinajstić information content (AvgIpc) is 2.20. The Morgan fingerprint density at radius 1 is 1.47 bits per heavy atom. The van der Waals surface area contributed by atoms with E-state index in [0.29, 0.717) is 6.42 Å². The molecule has 1 rings (SSSR count). The highest BCUT2D eigenvalue weighted by atomic mass is 79.9. The largest absolute Gasteiger partial charge is 0.324 e. The Morgan fingerprint density at radius 3 is 2.87 bits per heavy atom. The Balaban J connectivity index is 2.63. The molecule has 0 spiro atoms. The van der Waals surface area contributed by atoms with Crippen LogP contribution >= 0.6 is 31.9 Å². The first kappa shape index (κ1) is 12.6. The number of rotatable bonds is 4. The Labute approximate surface area is 105 Å². The van der Waals surface area contributed by atoms with E-state index in [9.17, 15) is 9.18 Å². The molecule has 1 aromatic rings. The van der Waals surface area contributed by atoms with Crippen LogP contribution in [0.2, 0.25) is 0 Å². The van der Waals surface area contributed by atoms with Gasteiger partial charge in [-0.15, -0.1) is 0 Å². The van der Waals surface area contributed by atoms with Gasteiger partial charge >= 0.3 is 0 Å². The fourth-order valence-corrected chi connectivity index (χ4v) is 1.67. The summed E-state index contributed by atoms with van der Waals surface area (Å²) in [7, 11) is 0. The first-order valence-corrected chi connectivity index (χ1v) is 6.36.